The highest BCUT2D eigenvalue weighted by atomic mass is 16.5. The second kappa shape index (κ2) is 11.7. The van der Waals surface area contributed by atoms with Crippen molar-refractivity contribution in [2.75, 3.05) is 7.11 Å². The van der Waals surface area contributed by atoms with Crippen molar-refractivity contribution in [3.63, 3.8) is 0 Å². The number of esters is 1. The summed E-state index contributed by atoms with van der Waals surface area (Å²) in [6.07, 6.45) is 0.326. The molecule has 7 nitrogen and oxygen atoms in total. The molecule has 37 heavy (non-hydrogen) atoms. The first kappa shape index (κ1) is 25.9. The van der Waals surface area contributed by atoms with Crippen LogP contribution in [0.25, 0.3) is 0 Å². The van der Waals surface area contributed by atoms with Gasteiger partial charge in [-0.15, -0.1) is 0 Å². The summed E-state index contributed by atoms with van der Waals surface area (Å²) in [5.74, 6) is -0.918. The Bertz CT molecular complexity index is 1200. The van der Waals surface area contributed by atoms with E-state index in [1.165, 1.54) is 7.11 Å². The predicted octanol–water partition coefficient (Wildman–Crippen LogP) is 4.58. The molecule has 1 aliphatic carbocycles. The van der Waals surface area contributed by atoms with Crippen LogP contribution in [0.4, 0.5) is 4.79 Å². The lowest BCUT2D eigenvalue weighted by atomic mass is 9.94. The zero-order valence-electron chi connectivity index (χ0n) is 21.1. The van der Waals surface area contributed by atoms with E-state index in [0.29, 0.717) is 12.8 Å². The lowest BCUT2D eigenvalue weighted by molar-refractivity contribution is -0.145. The SMILES string of the molecule is COC(=O)[C@H](Cc1ccccc1)NC(=O)[C@]1(C)C[C@H]1[C@H](NC(=O)OCc1ccccc1)c1ccccc1. The van der Waals surface area contributed by atoms with Gasteiger partial charge in [-0.3, -0.25) is 4.79 Å². The van der Waals surface area contributed by atoms with Gasteiger partial charge in [-0.1, -0.05) is 97.9 Å². The van der Waals surface area contributed by atoms with Gasteiger partial charge in [-0.2, -0.15) is 0 Å². The molecule has 2 N–H and O–H groups in total. The number of alkyl carbamates (subject to hydrolysis) is 1. The maximum Gasteiger partial charge on any atom is 0.407 e. The molecule has 192 valence electrons. The van der Waals surface area contributed by atoms with E-state index in [2.05, 4.69) is 10.6 Å². The van der Waals surface area contributed by atoms with Crippen molar-refractivity contribution in [1.29, 1.82) is 0 Å². The van der Waals surface area contributed by atoms with E-state index in [4.69, 9.17) is 9.47 Å². The minimum atomic E-state index is -0.808. The molecule has 0 aromatic heterocycles. The number of benzene rings is 3. The maximum atomic E-state index is 13.4. The first-order chi connectivity index (χ1) is 17.9. The number of methoxy groups -OCH3 is 1. The Morgan fingerprint density at radius 2 is 1.43 bits per heavy atom. The lowest BCUT2D eigenvalue weighted by Gasteiger charge is -2.23. The normalized spacial score (nSPS) is 19.7. The minimum absolute atomic E-state index is 0.150. The molecule has 0 bridgehead atoms. The summed E-state index contributed by atoms with van der Waals surface area (Å²) < 4.78 is 10.4. The molecule has 3 aromatic carbocycles. The van der Waals surface area contributed by atoms with E-state index < -0.39 is 29.6 Å². The van der Waals surface area contributed by atoms with Gasteiger partial charge < -0.3 is 20.1 Å². The smallest absolute Gasteiger partial charge is 0.407 e. The van der Waals surface area contributed by atoms with Gasteiger partial charge in [0.2, 0.25) is 5.91 Å². The summed E-state index contributed by atoms with van der Waals surface area (Å²) in [4.78, 5) is 38.6. The number of hydrogen-bond donors (Lipinski definition) is 2. The molecule has 1 fully saturated rings. The zero-order chi connectivity index (χ0) is 26.3. The van der Waals surface area contributed by atoms with Gasteiger partial charge in [0.1, 0.15) is 12.6 Å². The van der Waals surface area contributed by atoms with E-state index in [0.717, 1.165) is 16.7 Å². The number of hydrogen-bond acceptors (Lipinski definition) is 5. The highest BCUT2D eigenvalue weighted by Crippen LogP contribution is 2.58. The molecule has 1 saturated carbocycles. The molecule has 1 aliphatic rings. The summed E-state index contributed by atoms with van der Waals surface area (Å²) in [7, 11) is 1.31. The highest BCUT2D eigenvalue weighted by Gasteiger charge is 2.60. The van der Waals surface area contributed by atoms with Crippen molar-refractivity contribution in [1.82, 2.24) is 10.6 Å². The zero-order valence-corrected chi connectivity index (χ0v) is 21.1. The van der Waals surface area contributed by atoms with Gasteiger partial charge in [0.15, 0.2) is 0 Å². The Labute approximate surface area is 217 Å². The fourth-order valence-electron chi connectivity index (χ4n) is 4.62. The van der Waals surface area contributed by atoms with E-state index >= 15 is 0 Å². The number of carbonyl (C=O) groups is 3. The summed E-state index contributed by atoms with van der Waals surface area (Å²) in [6.45, 7) is 2.01. The monoisotopic (exact) mass is 500 g/mol. The summed E-state index contributed by atoms with van der Waals surface area (Å²) in [5, 5.41) is 5.87. The van der Waals surface area contributed by atoms with Crippen LogP contribution >= 0.6 is 0 Å². The van der Waals surface area contributed by atoms with Crippen LogP contribution in [-0.4, -0.2) is 31.1 Å². The maximum absolute atomic E-state index is 13.4. The van der Waals surface area contributed by atoms with Crippen LogP contribution in [0.15, 0.2) is 91.0 Å². The second-order valence-electron chi connectivity index (χ2n) is 9.56. The van der Waals surface area contributed by atoms with Crippen LogP contribution < -0.4 is 10.6 Å². The van der Waals surface area contributed by atoms with Crippen molar-refractivity contribution in [2.24, 2.45) is 11.3 Å². The summed E-state index contributed by atoms with van der Waals surface area (Å²) in [5.41, 5.74) is 1.92. The van der Waals surface area contributed by atoms with Gasteiger partial charge in [0.05, 0.1) is 18.6 Å². The van der Waals surface area contributed by atoms with Crippen LogP contribution in [0.1, 0.15) is 36.1 Å². The van der Waals surface area contributed by atoms with Gasteiger partial charge in [0.25, 0.3) is 0 Å². The molecule has 0 radical (unpaired) electrons. The van der Waals surface area contributed by atoms with Crippen LogP contribution in [0, 0.1) is 11.3 Å². The fraction of sp³-hybridized carbons (Fsp3) is 0.300. The third-order valence-electron chi connectivity index (χ3n) is 6.94. The van der Waals surface area contributed by atoms with Gasteiger partial charge >= 0.3 is 12.1 Å². The topological polar surface area (TPSA) is 93.7 Å². The second-order valence-corrected chi connectivity index (χ2v) is 9.56. The van der Waals surface area contributed by atoms with Crippen molar-refractivity contribution in [3.05, 3.63) is 108 Å². The third-order valence-corrected chi connectivity index (χ3v) is 6.94. The van der Waals surface area contributed by atoms with Gasteiger partial charge in [-0.25, -0.2) is 9.59 Å². The van der Waals surface area contributed by atoms with Crippen LogP contribution in [0.3, 0.4) is 0 Å². The van der Waals surface area contributed by atoms with E-state index in [9.17, 15) is 14.4 Å². The molecule has 7 heteroatoms. The Morgan fingerprint density at radius 1 is 0.865 bits per heavy atom. The van der Waals surface area contributed by atoms with Crippen molar-refractivity contribution >= 4 is 18.0 Å². The molecule has 2 amide bonds. The molecular weight excluding hydrogens is 468 g/mol. The Hall–Kier alpha value is -4.13. The number of ether oxygens (including phenoxy) is 2. The van der Waals surface area contributed by atoms with Crippen LogP contribution in [-0.2, 0) is 32.1 Å². The van der Waals surface area contributed by atoms with Crippen molar-refractivity contribution < 1.29 is 23.9 Å². The Morgan fingerprint density at radius 3 is 2.03 bits per heavy atom. The van der Waals surface area contributed by atoms with Crippen LogP contribution in [0.2, 0.25) is 0 Å². The summed E-state index contributed by atoms with van der Waals surface area (Å²) >= 11 is 0. The quantitative estimate of drug-likeness (QED) is 0.398. The number of amides is 2. The van der Waals surface area contributed by atoms with E-state index in [1.807, 2.05) is 97.9 Å². The molecule has 4 rings (SSSR count). The van der Waals surface area contributed by atoms with E-state index in [1.54, 1.807) is 0 Å². The Kier molecular flexibility index (Phi) is 8.23. The highest BCUT2D eigenvalue weighted by molar-refractivity contribution is 5.90. The van der Waals surface area contributed by atoms with Crippen molar-refractivity contribution in [3.8, 4) is 0 Å². The molecular formula is C30H32N2O5. The lowest BCUT2D eigenvalue weighted by Crippen LogP contribution is -2.46. The third kappa shape index (κ3) is 6.55. The fourth-order valence-corrected chi connectivity index (χ4v) is 4.62. The number of rotatable bonds is 10. The number of carbonyl (C=O) groups excluding carboxylic acids is 3. The average Bonchev–Trinajstić information content (AvgIpc) is 3.63. The van der Waals surface area contributed by atoms with Crippen LogP contribution in [0.5, 0.6) is 0 Å². The molecule has 0 heterocycles. The standard InChI is InChI=1S/C30H32N2O5/c1-30(28(34)31-25(27(33)36-2)18-21-12-6-3-7-13-21)19-24(30)26(23-16-10-5-11-17-23)32-29(35)37-20-22-14-8-4-9-15-22/h3-17,24-26H,18-20H2,1-2H3,(H,31,34)(H,32,35)/t24-,25-,26+,30+/m0/s1. The minimum Gasteiger partial charge on any atom is -0.467 e. The summed E-state index contributed by atoms with van der Waals surface area (Å²) in [6, 6.07) is 27.2. The first-order valence-electron chi connectivity index (χ1n) is 12.4. The Balaban J connectivity index is 1.45. The van der Waals surface area contributed by atoms with E-state index in [-0.39, 0.29) is 18.4 Å². The molecule has 0 spiro atoms. The molecule has 0 aliphatic heterocycles. The molecule has 0 saturated heterocycles. The molecule has 3 aromatic rings. The van der Waals surface area contributed by atoms with Gasteiger partial charge in [0, 0.05) is 6.42 Å². The molecule has 4 atom stereocenters. The molecule has 0 unspecified atom stereocenters. The average molecular weight is 501 g/mol. The largest absolute Gasteiger partial charge is 0.467 e. The predicted molar refractivity (Wildman–Crippen MR) is 139 cm³/mol. The number of nitrogens with one attached hydrogen (secondary N) is 2. The first-order valence-corrected chi connectivity index (χ1v) is 12.4. The van der Waals surface area contributed by atoms with Gasteiger partial charge in [-0.05, 0) is 29.0 Å². The van der Waals surface area contributed by atoms with Crippen molar-refractivity contribution in [2.45, 2.75) is 38.5 Å².